The van der Waals surface area contributed by atoms with E-state index in [1.807, 2.05) is 12.1 Å². The maximum absolute atomic E-state index is 13.0. The average molecular weight is 293 g/mol. The molecule has 1 N–H and O–H groups in total. The molecule has 1 aromatic carbocycles. The van der Waals surface area contributed by atoms with Gasteiger partial charge in [0, 0.05) is 23.4 Å². The molecule has 0 saturated carbocycles. The van der Waals surface area contributed by atoms with Gasteiger partial charge in [-0.25, -0.2) is 0 Å². The van der Waals surface area contributed by atoms with Gasteiger partial charge in [-0.2, -0.15) is 0 Å². The Bertz CT molecular complexity index is 759. The van der Waals surface area contributed by atoms with E-state index in [0.29, 0.717) is 12.0 Å². The fourth-order valence-corrected chi connectivity index (χ4v) is 4.65. The predicted molar refractivity (Wildman–Crippen MR) is 86.4 cm³/mol. The number of aromatic hydroxyl groups is 1. The van der Waals surface area contributed by atoms with Crippen LogP contribution in [-0.4, -0.2) is 23.1 Å². The number of allylic oxidation sites excluding steroid dienone is 3. The number of carbonyl (C=O) groups is 1. The summed E-state index contributed by atoms with van der Waals surface area (Å²) in [5.74, 6) is 0.283. The van der Waals surface area contributed by atoms with E-state index in [2.05, 4.69) is 19.6 Å². The normalized spacial score (nSPS) is 32.5. The molecule has 0 bridgehead atoms. The van der Waals surface area contributed by atoms with Crippen LogP contribution in [0.3, 0.4) is 0 Å². The maximum Gasteiger partial charge on any atom is 0.171 e. The Balaban J connectivity index is 2.02. The topological polar surface area (TPSA) is 49.7 Å². The van der Waals surface area contributed by atoms with E-state index >= 15 is 0 Å². The molecular formula is C19H19NO2. The molecule has 0 saturated heterocycles. The molecule has 0 unspecified atom stereocenters. The molecular weight excluding hydrogens is 274 g/mol. The molecule has 3 heteroatoms. The molecule has 4 rings (SSSR count). The van der Waals surface area contributed by atoms with Crippen molar-refractivity contribution in [3.8, 4) is 5.75 Å². The second kappa shape index (κ2) is 4.42. The van der Waals surface area contributed by atoms with Gasteiger partial charge in [-0.3, -0.25) is 9.79 Å². The zero-order valence-electron chi connectivity index (χ0n) is 12.7. The third-order valence-electron chi connectivity index (χ3n) is 5.73. The number of aliphatic imine (C=N–C) groups is 1. The summed E-state index contributed by atoms with van der Waals surface area (Å²) in [5.41, 5.74) is 3.22. The molecule has 3 aliphatic rings. The van der Waals surface area contributed by atoms with E-state index in [0.717, 1.165) is 24.2 Å². The van der Waals surface area contributed by atoms with E-state index in [-0.39, 0.29) is 28.8 Å². The zero-order valence-corrected chi connectivity index (χ0v) is 12.7. The number of ketones is 1. The second-order valence-corrected chi connectivity index (χ2v) is 6.61. The maximum atomic E-state index is 13.0. The molecule has 3 nitrogen and oxygen atoms in total. The molecule has 1 heterocycles. The molecule has 0 spiro atoms. The van der Waals surface area contributed by atoms with Gasteiger partial charge in [-0.05, 0) is 30.4 Å². The van der Waals surface area contributed by atoms with Crippen LogP contribution in [0.2, 0.25) is 0 Å². The highest BCUT2D eigenvalue weighted by atomic mass is 16.3. The van der Waals surface area contributed by atoms with Gasteiger partial charge in [-0.1, -0.05) is 37.8 Å². The summed E-state index contributed by atoms with van der Waals surface area (Å²) in [4.78, 5) is 17.8. The Morgan fingerprint density at radius 2 is 2.23 bits per heavy atom. The minimum absolute atomic E-state index is 0.0563. The summed E-state index contributed by atoms with van der Waals surface area (Å²) < 4.78 is 0. The Morgan fingerprint density at radius 1 is 1.41 bits per heavy atom. The van der Waals surface area contributed by atoms with Gasteiger partial charge in [0.2, 0.25) is 0 Å². The van der Waals surface area contributed by atoms with Crippen molar-refractivity contribution in [1.82, 2.24) is 0 Å². The standard InChI is InChI=1S/C19H19NO2/c1-3-11-7-8-14-17(22)16-12(5-4-6-15(16)21)18-19(14,2)13(11)9-10-20-18/h3-7,13-14,21H,1,8-10H2,2H3/t13-,14-,19-/m0/s1. The van der Waals surface area contributed by atoms with Crippen LogP contribution in [0.1, 0.15) is 35.7 Å². The van der Waals surface area contributed by atoms with Gasteiger partial charge in [0.15, 0.2) is 5.78 Å². The van der Waals surface area contributed by atoms with Crippen molar-refractivity contribution in [3.63, 3.8) is 0 Å². The first kappa shape index (κ1) is 13.5. The number of rotatable bonds is 1. The van der Waals surface area contributed by atoms with Gasteiger partial charge in [0.25, 0.3) is 0 Å². The van der Waals surface area contributed by atoms with Crippen molar-refractivity contribution in [3.05, 3.63) is 53.6 Å². The molecule has 0 aromatic heterocycles. The van der Waals surface area contributed by atoms with Gasteiger partial charge < -0.3 is 5.11 Å². The zero-order chi connectivity index (χ0) is 15.5. The van der Waals surface area contributed by atoms with E-state index < -0.39 is 0 Å². The lowest BCUT2D eigenvalue weighted by Crippen LogP contribution is -2.53. The third-order valence-corrected chi connectivity index (χ3v) is 5.73. The molecule has 22 heavy (non-hydrogen) atoms. The Morgan fingerprint density at radius 3 is 3.00 bits per heavy atom. The van der Waals surface area contributed by atoms with E-state index in [9.17, 15) is 9.90 Å². The van der Waals surface area contributed by atoms with Gasteiger partial charge in [-0.15, -0.1) is 0 Å². The van der Waals surface area contributed by atoms with Gasteiger partial charge in [0.05, 0.1) is 11.3 Å². The molecule has 2 aliphatic carbocycles. The summed E-state index contributed by atoms with van der Waals surface area (Å²) in [6, 6.07) is 5.31. The average Bonchev–Trinajstić information content (AvgIpc) is 2.51. The summed E-state index contributed by atoms with van der Waals surface area (Å²) >= 11 is 0. The Hall–Kier alpha value is -2.16. The quantitative estimate of drug-likeness (QED) is 0.861. The van der Waals surface area contributed by atoms with Crippen molar-refractivity contribution in [1.29, 1.82) is 0 Å². The summed E-state index contributed by atoms with van der Waals surface area (Å²) in [6.07, 6.45) is 5.73. The van der Waals surface area contributed by atoms with Crippen LogP contribution in [-0.2, 0) is 0 Å². The van der Waals surface area contributed by atoms with E-state index in [4.69, 9.17) is 4.99 Å². The van der Waals surface area contributed by atoms with Crippen LogP contribution in [0.4, 0.5) is 0 Å². The summed E-state index contributed by atoms with van der Waals surface area (Å²) in [7, 11) is 0. The van der Waals surface area contributed by atoms with E-state index in [1.165, 1.54) is 5.57 Å². The molecule has 0 radical (unpaired) electrons. The van der Waals surface area contributed by atoms with E-state index in [1.54, 1.807) is 12.1 Å². The smallest absolute Gasteiger partial charge is 0.171 e. The monoisotopic (exact) mass is 293 g/mol. The number of nitrogens with zero attached hydrogens (tertiary/aromatic N) is 1. The number of hydrogen-bond acceptors (Lipinski definition) is 3. The van der Waals surface area contributed by atoms with Crippen molar-refractivity contribution in [2.75, 3.05) is 6.54 Å². The minimum Gasteiger partial charge on any atom is -0.507 e. The number of hydrogen-bond donors (Lipinski definition) is 1. The fraction of sp³-hybridized carbons (Fsp3) is 0.368. The minimum atomic E-state index is -0.283. The van der Waals surface area contributed by atoms with Crippen LogP contribution < -0.4 is 0 Å². The highest BCUT2D eigenvalue weighted by Gasteiger charge is 2.56. The first-order valence-electron chi connectivity index (χ1n) is 7.83. The third kappa shape index (κ3) is 1.46. The number of Topliss-reactive ketones (excluding diaryl/α,β-unsaturated/α-hetero) is 1. The predicted octanol–water partition coefficient (Wildman–Crippen LogP) is 3.54. The molecule has 1 aliphatic heterocycles. The van der Waals surface area contributed by atoms with Crippen molar-refractivity contribution < 1.29 is 9.90 Å². The Kier molecular flexibility index (Phi) is 2.71. The van der Waals surface area contributed by atoms with Crippen LogP contribution in [0.25, 0.3) is 0 Å². The van der Waals surface area contributed by atoms with Crippen LogP contribution >= 0.6 is 0 Å². The highest BCUT2D eigenvalue weighted by Crippen LogP contribution is 2.55. The second-order valence-electron chi connectivity index (χ2n) is 6.61. The first-order chi connectivity index (χ1) is 10.6. The number of fused-ring (bicyclic) bond motifs is 2. The number of phenolic OH excluding ortho intramolecular Hbond substituents is 1. The molecule has 1 aromatic rings. The summed E-state index contributed by atoms with van der Waals surface area (Å²) in [5, 5.41) is 10.2. The molecule has 112 valence electrons. The van der Waals surface area contributed by atoms with Gasteiger partial charge >= 0.3 is 0 Å². The van der Waals surface area contributed by atoms with Crippen LogP contribution in [0, 0.1) is 17.3 Å². The Labute approximate surface area is 130 Å². The first-order valence-corrected chi connectivity index (χ1v) is 7.83. The number of carbonyl (C=O) groups excluding carboxylic acids is 1. The number of phenols is 1. The van der Waals surface area contributed by atoms with Crippen molar-refractivity contribution in [2.45, 2.75) is 19.8 Å². The highest BCUT2D eigenvalue weighted by molar-refractivity contribution is 6.21. The lowest BCUT2D eigenvalue weighted by atomic mass is 9.51. The summed E-state index contributed by atoms with van der Waals surface area (Å²) in [6.45, 7) is 6.87. The lowest BCUT2D eigenvalue weighted by molar-refractivity contribution is 0.0752. The molecule has 0 fully saturated rings. The van der Waals surface area contributed by atoms with Crippen molar-refractivity contribution in [2.24, 2.45) is 22.2 Å². The van der Waals surface area contributed by atoms with Crippen LogP contribution in [0.5, 0.6) is 5.75 Å². The molecule has 0 amide bonds. The fourth-order valence-electron chi connectivity index (χ4n) is 4.65. The largest absolute Gasteiger partial charge is 0.507 e. The molecule has 3 atom stereocenters. The van der Waals surface area contributed by atoms with Crippen molar-refractivity contribution >= 4 is 11.5 Å². The SMILES string of the molecule is C=CC1=CC[C@H]2C(=O)c3c(O)cccc3C3=NCC[C@@H]1[C@]32C. The van der Waals surface area contributed by atoms with Crippen LogP contribution in [0.15, 0.2) is 47.5 Å². The van der Waals surface area contributed by atoms with Gasteiger partial charge in [0.1, 0.15) is 5.75 Å². The number of benzene rings is 1. The lowest BCUT2D eigenvalue weighted by Gasteiger charge is -2.51.